The average molecular weight is 391 g/mol. The molecule has 0 spiro atoms. The zero-order valence-corrected chi connectivity index (χ0v) is 16.4. The van der Waals surface area contributed by atoms with Gasteiger partial charge in [-0.2, -0.15) is 4.31 Å². The first-order chi connectivity index (χ1) is 13.5. The molecule has 5 nitrogen and oxygen atoms in total. The van der Waals surface area contributed by atoms with Crippen molar-refractivity contribution < 1.29 is 8.42 Å². The smallest absolute Gasteiger partial charge is 0.243 e. The fraction of sp³-hybridized carbons (Fsp3) is 0.273. The molecule has 0 radical (unpaired) electrons. The van der Waals surface area contributed by atoms with Crippen LogP contribution in [0.2, 0.25) is 0 Å². The number of sulfonamides is 1. The van der Waals surface area contributed by atoms with E-state index in [0.717, 1.165) is 35.2 Å². The van der Waals surface area contributed by atoms with E-state index in [1.165, 1.54) is 5.56 Å². The number of hydrogen-bond donors (Lipinski definition) is 0. The van der Waals surface area contributed by atoms with Gasteiger partial charge in [-0.3, -0.25) is 0 Å². The fourth-order valence-electron chi connectivity index (χ4n) is 4.51. The molecule has 6 heteroatoms. The SMILES string of the molecule is Cc1cccc(-c2ccc(S(=O)(=O)N3C4CCC3c3cncnc3C4)cc2)c1. The Morgan fingerprint density at radius 3 is 2.64 bits per heavy atom. The van der Waals surface area contributed by atoms with Crippen LogP contribution in [0.1, 0.15) is 35.7 Å². The molecule has 2 bridgehead atoms. The van der Waals surface area contributed by atoms with Gasteiger partial charge in [0.2, 0.25) is 10.0 Å². The van der Waals surface area contributed by atoms with Crippen molar-refractivity contribution in [3.05, 3.63) is 77.9 Å². The van der Waals surface area contributed by atoms with Crippen molar-refractivity contribution in [3.8, 4) is 11.1 Å². The molecule has 3 heterocycles. The van der Waals surface area contributed by atoms with Gasteiger partial charge >= 0.3 is 0 Å². The molecule has 3 aromatic rings. The predicted octanol–water partition coefficient (Wildman–Crippen LogP) is 3.90. The first-order valence-electron chi connectivity index (χ1n) is 9.53. The molecule has 5 rings (SSSR count). The number of aryl methyl sites for hydroxylation is 1. The Labute approximate surface area is 165 Å². The maximum Gasteiger partial charge on any atom is 0.243 e. The Balaban J connectivity index is 1.50. The van der Waals surface area contributed by atoms with Crippen molar-refractivity contribution in [1.82, 2.24) is 14.3 Å². The molecule has 2 aromatic carbocycles. The predicted molar refractivity (Wildman–Crippen MR) is 107 cm³/mol. The summed E-state index contributed by atoms with van der Waals surface area (Å²) in [5.41, 5.74) is 5.23. The number of rotatable bonds is 3. The Bertz CT molecular complexity index is 1140. The highest BCUT2D eigenvalue weighted by Gasteiger charge is 2.47. The highest BCUT2D eigenvalue weighted by molar-refractivity contribution is 7.89. The lowest BCUT2D eigenvalue weighted by atomic mass is 10.0. The molecule has 0 saturated carbocycles. The first-order valence-corrected chi connectivity index (χ1v) is 11.0. The van der Waals surface area contributed by atoms with Crippen molar-refractivity contribution in [1.29, 1.82) is 0 Å². The van der Waals surface area contributed by atoms with Crippen LogP contribution in [0, 0.1) is 6.92 Å². The normalized spacial score (nSPS) is 21.5. The summed E-state index contributed by atoms with van der Waals surface area (Å²) in [5, 5.41) is 0. The van der Waals surface area contributed by atoms with Crippen molar-refractivity contribution in [3.63, 3.8) is 0 Å². The van der Waals surface area contributed by atoms with Gasteiger partial charge in [-0.1, -0.05) is 42.0 Å². The van der Waals surface area contributed by atoms with E-state index in [4.69, 9.17) is 0 Å². The topological polar surface area (TPSA) is 63.2 Å². The molecule has 1 saturated heterocycles. The van der Waals surface area contributed by atoms with Gasteiger partial charge in [0.1, 0.15) is 6.33 Å². The minimum Gasteiger partial charge on any atom is -0.244 e. The third-order valence-corrected chi connectivity index (χ3v) is 7.81. The lowest BCUT2D eigenvalue weighted by Gasteiger charge is -2.34. The summed E-state index contributed by atoms with van der Waals surface area (Å²) in [5.74, 6) is 0. The number of fused-ring (bicyclic) bond motifs is 4. The second-order valence-corrected chi connectivity index (χ2v) is 9.45. The van der Waals surface area contributed by atoms with Crippen molar-refractivity contribution in [2.45, 2.75) is 43.2 Å². The summed E-state index contributed by atoms with van der Waals surface area (Å²) < 4.78 is 28.6. The van der Waals surface area contributed by atoms with Crippen molar-refractivity contribution in [2.24, 2.45) is 0 Å². The molecule has 2 aliphatic rings. The van der Waals surface area contributed by atoms with Crippen LogP contribution < -0.4 is 0 Å². The van der Waals surface area contributed by atoms with Crippen LogP contribution in [-0.2, 0) is 16.4 Å². The van der Waals surface area contributed by atoms with Crippen molar-refractivity contribution >= 4 is 10.0 Å². The summed E-state index contributed by atoms with van der Waals surface area (Å²) in [4.78, 5) is 8.84. The summed E-state index contributed by atoms with van der Waals surface area (Å²) in [6.45, 7) is 2.05. The van der Waals surface area contributed by atoms with Crippen LogP contribution in [0.5, 0.6) is 0 Å². The maximum absolute atomic E-state index is 13.4. The van der Waals surface area contributed by atoms with Gasteiger partial charge in [-0.15, -0.1) is 0 Å². The largest absolute Gasteiger partial charge is 0.244 e. The zero-order valence-electron chi connectivity index (χ0n) is 15.6. The van der Waals surface area contributed by atoms with Gasteiger partial charge in [0, 0.05) is 24.2 Å². The van der Waals surface area contributed by atoms with Crippen LogP contribution >= 0.6 is 0 Å². The molecule has 2 aliphatic heterocycles. The molecular formula is C22H21N3O2S. The van der Waals surface area contributed by atoms with Crippen LogP contribution in [0.15, 0.2) is 66.0 Å². The minimum atomic E-state index is -3.57. The fourth-order valence-corrected chi connectivity index (χ4v) is 6.36. The highest BCUT2D eigenvalue weighted by atomic mass is 32.2. The molecule has 1 fully saturated rings. The Morgan fingerprint density at radius 1 is 1.04 bits per heavy atom. The Morgan fingerprint density at radius 2 is 1.86 bits per heavy atom. The van der Waals surface area contributed by atoms with Crippen LogP contribution in [-0.4, -0.2) is 28.7 Å². The number of hydrogen-bond acceptors (Lipinski definition) is 4. The van der Waals surface area contributed by atoms with E-state index >= 15 is 0 Å². The number of aromatic nitrogens is 2. The molecule has 2 atom stereocenters. The molecule has 2 unspecified atom stereocenters. The molecule has 1 aromatic heterocycles. The molecule has 142 valence electrons. The molecule has 28 heavy (non-hydrogen) atoms. The van der Waals surface area contributed by atoms with E-state index < -0.39 is 10.0 Å². The van der Waals surface area contributed by atoms with Crippen LogP contribution in [0.4, 0.5) is 0 Å². The van der Waals surface area contributed by atoms with Gasteiger partial charge in [0.25, 0.3) is 0 Å². The average Bonchev–Trinajstić information content (AvgIpc) is 3.04. The molecule has 0 N–H and O–H groups in total. The van der Waals surface area contributed by atoms with Gasteiger partial charge in [0.15, 0.2) is 0 Å². The van der Waals surface area contributed by atoms with E-state index in [1.807, 2.05) is 24.3 Å². The Kier molecular flexibility index (Phi) is 4.07. The summed E-state index contributed by atoms with van der Waals surface area (Å²) in [6.07, 6.45) is 5.67. The molecule has 0 aliphatic carbocycles. The van der Waals surface area contributed by atoms with Crippen molar-refractivity contribution in [2.75, 3.05) is 0 Å². The minimum absolute atomic E-state index is 0.0196. The Hall–Kier alpha value is -2.57. The van der Waals surface area contributed by atoms with E-state index in [0.29, 0.717) is 11.3 Å². The number of benzene rings is 2. The first kappa shape index (κ1) is 17.5. The third-order valence-electron chi connectivity index (χ3n) is 5.84. The lowest BCUT2D eigenvalue weighted by molar-refractivity contribution is 0.300. The second-order valence-electron chi connectivity index (χ2n) is 7.60. The van der Waals surface area contributed by atoms with E-state index in [9.17, 15) is 8.42 Å². The quantitative estimate of drug-likeness (QED) is 0.679. The summed E-state index contributed by atoms with van der Waals surface area (Å²) in [6, 6.07) is 15.3. The van der Waals surface area contributed by atoms with Crippen LogP contribution in [0.25, 0.3) is 11.1 Å². The molecule has 0 amide bonds. The van der Waals surface area contributed by atoms with E-state index in [1.54, 1.807) is 29.0 Å². The van der Waals surface area contributed by atoms with E-state index in [2.05, 4.69) is 29.0 Å². The third kappa shape index (κ3) is 2.75. The van der Waals surface area contributed by atoms with E-state index in [-0.39, 0.29) is 12.1 Å². The monoisotopic (exact) mass is 391 g/mol. The van der Waals surface area contributed by atoms with Gasteiger partial charge in [-0.05, 0) is 43.0 Å². The molecular weight excluding hydrogens is 370 g/mol. The van der Waals surface area contributed by atoms with Gasteiger partial charge in [-0.25, -0.2) is 18.4 Å². The number of nitrogens with zero attached hydrogens (tertiary/aromatic N) is 3. The summed E-state index contributed by atoms with van der Waals surface area (Å²) >= 11 is 0. The zero-order chi connectivity index (χ0) is 19.3. The van der Waals surface area contributed by atoms with Gasteiger partial charge < -0.3 is 0 Å². The van der Waals surface area contributed by atoms with Gasteiger partial charge in [0.05, 0.1) is 16.6 Å². The van der Waals surface area contributed by atoms with Crippen LogP contribution in [0.3, 0.4) is 0 Å². The lowest BCUT2D eigenvalue weighted by Crippen LogP contribution is -2.42. The summed E-state index contributed by atoms with van der Waals surface area (Å²) in [7, 11) is -3.57. The standard InChI is InChI=1S/C22H21N3O2S/c1-15-3-2-4-17(11-15)16-5-8-19(9-6-16)28(26,27)25-18-7-10-22(25)20-13-23-14-24-21(20)12-18/h2-6,8-9,11,13-14,18,22H,7,10,12H2,1H3. The maximum atomic E-state index is 13.4. The second kappa shape index (κ2) is 6.50. The highest BCUT2D eigenvalue weighted by Crippen LogP contribution is 2.45.